The van der Waals surface area contributed by atoms with E-state index in [1.54, 1.807) is 29.1 Å². The Hall–Kier alpha value is -4.44. The van der Waals surface area contributed by atoms with E-state index < -0.39 is 11.9 Å². The van der Waals surface area contributed by atoms with E-state index in [2.05, 4.69) is 20.6 Å². The third kappa shape index (κ3) is 6.09. The van der Waals surface area contributed by atoms with Crippen LogP contribution in [0.2, 0.25) is 0 Å². The number of hydrogen-bond donors (Lipinski definition) is 3. The number of fused-ring (bicyclic) bond motifs is 1. The molecule has 0 radical (unpaired) electrons. The first-order valence-corrected chi connectivity index (χ1v) is 12.3. The predicted octanol–water partition coefficient (Wildman–Crippen LogP) is 4.11. The Bertz CT molecular complexity index is 1420. The van der Waals surface area contributed by atoms with Gasteiger partial charge in [-0.25, -0.2) is 9.78 Å². The van der Waals surface area contributed by atoms with Gasteiger partial charge in [0.15, 0.2) is 5.69 Å². The molecule has 0 unspecified atom stereocenters. The maximum absolute atomic E-state index is 13.1. The standard InChI is InChI=1S/C28H31N5O5/c1-18(2)17-33-25(28(36)37-3)24(32-27(35)20-7-5-9-29-15-20)23-13-21(16-31-26(23)33)30-14-19-6-4-8-22(12-19)38-11-10-34/h4-9,12-13,15-16,18,30,34H,10-11,14,17H2,1-3H3,(H,32,35). The first-order valence-electron chi connectivity index (χ1n) is 12.3. The average molecular weight is 518 g/mol. The Balaban J connectivity index is 1.72. The minimum absolute atomic E-state index is 0.0577. The summed E-state index contributed by atoms with van der Waals surface area (Å²) in [6, 6.07) is 12.7. The van der Waals surface area contributed by atoms with E-state index in [9.17, 15) is 9.59 Å². The molecule has 0 aliphatic heterocycles. The van der Waals surface area contributed by atoms with Gasteiger partial charge in [-0.05, 0) is 41.8 Å². The summed E-state index contributed by atoms with van der Waals surface area (Å²) in [5, 5.41) is 15.8. The molecular weight excluding hydrogens is 486 g/mol. The SMILES string of the molecule is COC(=O)c1c(NC(=O)c2cccnc2)c2cc(NCc3cccc(OCCO)c3)cnc2n1CC(C)C. The number of aliphatic hydroxyl groups excluding tert-OH is 1. The van der Waals surface area contributed by atoms with Crippen molar-refractivity contribution in [2.24, 2.45) is 5.92 Å². The number of carbonyl (C=O) groups excluding carboxylic acids is 2. The van der Waals surface area contributed by atoms with Crippen LogP contribution < -0.4 is 15.4 Å². The monoisotopic (exact) mass is 517 g/mol. The van der Waals surface area contributed by atoms with E-state index >= 15 is 0 Å². The fourth-order valence-electron chi connectivity index (χ4n) is 4.10. The lowest BCUT2D eigenvalue weighted by atomic mass is 10.2. The molecule has 0 fully saturated rings. The van der Waals surface area contributed by atoms with Crippen molar-refractivity contribution in [1.82, 2.24) is 14.5 Å². The molecule has 0 aliphatic carbocycles. The molecule has 4 rings (SSSR count). The number of ether oxygens (including phenoxy) is 2. The van der Waals surface area contributed by atoms with Crippen LogP contribution in [0.4, 0.5) is 11.4 Å². The molecule has 3 heterocycles. The van der Waals surface area contributed by atoms with Gasteiger partial charge in [0.2, 0.25) is 0 Å². The fraction of sp³-hybridized carbons (Fsp3) is 0.286. The van der Waals surface area contributed by atoms with E-state index in [0.29, 0.717) is 46.8 Å². The van der Waals surface area contributed by atoms with Crippen LogP contribution in [0.15, 0.2) is 61.1 Å². The van der Waals surface area contributed by atoms with Crippen LogP contribution in [-0.2, 0) is 17.8 Å². The maximum Gasteiger partial charge on any atom is 0.356 e. The van der Waals surface area contributed by atoms with Gasteiger partial charge in [-0.2, -0.15) is 0 Å². The number of pyridine rings is 2. The van der Waals surface area contributed by atoms with Crippen LogP contribution in [0.5, 0.6) is 5.75 Å². The quantitative estimate of drug-likeness (QED) is 0.254. The zero-order valence-corrected chi connectivity index (χ0v) is 21.6. The number of rotatable bonds is 11. The van der Waals surface area contributed by atoms with E-state index in [4.69, 9.17) is 14.6 Å². The Morgan fingerprint density at radius 1 is 1.13 bits per heavy atom. The molecule has 0 bridgehead atoms. The van der Waals surface area contributed by atoms with Crippen molar-refractivity contribution in [3.05, 3.63) is 77.9 Å². The van der Waals surface area contributed by atoms with E-state index in [1.165, 1.54) is 13.3 Å². The maximum atomic E-state index is 13.1. The highest BCUT2D eigenvalue weighted by Gasteiger charge is 2.27. The highest BCUT2D eigenvalue weighted by Crippen LogP contribution is 2.34. The van der Waals surface area contributed by atoms with Crippen molar-refractivity contribution in [3.63, 3.8) is 0 Å². The van der Waals surface area contributed by atoms with E-state index in [1.807, 2.05) is 44.2 Å². The molecule has 0 saturated heterocycles. The molecule has 1 amide bonds. The zero-order valence-electron chi connectivity index (χ0n) is 21.6. The second-order valence-electron chi connectivity index (χ2n) is 9.08. The highest BCUT2D eigenvalue weighted by molar-refractivity contribution is 6.14. The van der Waals surface area contributed by atoms with Gasteiger partial charge in [-0.15, -0.1) is 0 Å². The largest absolute Gasteiger partial charge is 0.491 e. The number of hydrogen-bond acceptors (Lipinski definition) is 8. The van der Waals surface area contributed by atoms with E-state index in [0.717, 1.165) is 5.56 Å². The van der Waals surface area contributed by atoms with Gasteiger partial charge >= 0.3 is 5.97 Å². The summed E-state index contributed by atoms with van der Waals surface area (Å²) < 4.78 is 12.4. The van der Waals surface area contributed by atoms with Crippen molar-refractivity contribution >= 4 is 34.3 Å². The van der Waals surface area contributed by atoms with Gasteiger partial charge < -0.3 is 29.8 Å². The number of esters is 1. The predicted molar refractivity (Wildman–Crippen MR) is 144 cm³/mol. The number of benzene rings is 1. The van der Waals surface area contributed by atoms with Gasteiger partial charge in [0.1, 0.15) is 18.0 Å². The Kier molecular flexibility index (Phi) is 8.55. The van der Waals surface area contributed by atoms with Gasteiger partial charge in [-0.1, -0.05) is 26.0 Å². The second kappa shape index (κ2) is 12.2. The van der Waals surface area contributed by atoms with Crippen LogP contribution in [-0.4, -0.2) is 51.8 Å². The summed E-state index contributed by atoms with van der Waals surface area (Å²) >= 11 is 0. The lowest BCUT2D eigenvalue weighted by molar-refractivity contribution is 0.0589. The molecule has 38 heavy (non-hydrogen) atoms. The Morgan fingerprint density at radius 2 is 1.97 bits per heavy atom. The second-order valence-corrected chi connectivity index (χ2v) is 9.08. The van der Waals surface area contributed by atoms with Crippen molar-refractivity contribution in [1.29, 1.82) is 0 Å². The normalized spacial score (nSPS) is 11.0. The summed E-state index contributed by atoms with van der Waals surface area (Å²) in [6.45, 7) is 5.23. The van der Waals surface area contributed by atoms with Crippen LogP contribution in [0.25, 0.3) is 11.0 Å². The fourth-order valence-corrected chi connectivity index (χ4v) is 4.10. The lowest BCUT2D eigenvalue weighted by Crippen LogP contribution is -2.18. The minimum Gasteiger partial charge on any atom is -0.491 e. The highest BCUT2D eigenvalue weighted by atomic mass is 16.5. The van der Waals surface area contributed by atoms with Crippen molar-refractivity contribution in [2.75, 3.05) is 31.0 Å². The number of carbonyl (C=O) groups is 2. The van der Waals surface area contributed by atoms with Crippen LogP contribution in [0.1, 0.15) is 40.3 Å². The van der Waals surface area contributed by atoms with Gasteiger partial charge in [-0.3, -0.25) is 9.78 Å². The number of aromatic nitrogens is 3. The molecule has 0 atom stereocenters. The van der Waals surface area contributed by atoms with Crippen molar-refractivity contribution in [2.45, 2.75) is 26.9 Å². The first-order chi connectivity index (χ1) is 18.4. The number of nitrogens with zero attached hydrogens (tertiary/aromatic N) is 3. The van der Waals surface area contributed by atoms with E-state index in [-0.39, 0.29) is 24.8 Å². The van der Waals surface area contributed by atoms with Crippen LogP contribution in [0, 0.1) is 5.92 Å². The average Bonchev–Trinajstić information content (AvgIpc) is 3.22. The summed E-state index contributed by atoms with van der Waals surface area (Å²) in [5.74, 6) is -0.0964. The summed E-state index contributed by atoms with van der Waals surface area (Å²) in [4.78, 5) is 34.7. The number of amides is 1. The van der Waals surface area contributed by atoms with Gasteiger partial charge in [0.25, 0.3) is 5.91 Å². The van der Waals surface area contributed by atoms with Gasteiger partial charge in [0.05, 0.1) is 36.9 Å². The molecule has 3 N–H and O–H groups in total. The van der Waals surface area contributed by atoms with Crippen molar-refractivity contribution < 1.29 is 24.2 Å². The molecule has 198 valence electrons. The third-order valence-electron chi connectivity index (χ3n) is 5.74. The summed E-state index contributed by atoms with van der Waals surface area (Å²) in [6.07, 6.45) is 4.74. The minimum atomic E-state index is -0.570. The summed E-state index contributed by atoms with van der Waals surface area (Å²) in [7, 11) is 1.31. The Labute approximate surface area is 220 Å². The number of anilines is 2. The molecule has 0 aliphatic rings. The van der Waals surface area contributed by atoms with Crippen molar-refractivity contribution in [3.8, 4) is 5.75 Å². The van der Waals surface area contributed by atoms with Crippen LogP contribution >= 0.6 is 0 Å². The van der Waals surface area contributed by atoms with Crippen LogP contribution in [0.3, 0.4) is 0 Å². The summed E-state index contributed by atoms with van der Waals surface area (Å²) in [5.41, 5.74) is 3.15. The Morgan fingerprint density at radius 3 is 2.68 bits per heavy atom. The molecule has 0 saturated carbocycles. The number of nitrogens with one attached hydrogen (secondary N) is 2. The molecule has 10 heteroatoms. The molecule has 3 aromatic heterocycles. The van der Waals surface area contributed by atoms with Gasteiger partial charge in [0, 0.05) is 30.9 Å². The molecular formula is C28H31N5O5. The molecule has 0 spiro atoms. The molecule has 1 aromatic carbocycles. The first kappa shape index (κ1) is 26.6. The third-order valence-corrected chi connectivity index (χ3v) is 5.74. The molecule has 10 nitrogen and oxygen atoms in total. The zero-order chi connectivity index (χ0) is 27.1. The number of aliphatic hydroxyl groups is 1. The smallest absolute Gasteiger partial charge is 0.356 e. The lowest BCUT2D eigenvalue weighted by Gasteiger charge is -2.12. The molecule has 4 aromatic rings. The topological polar surface area (TPSA) is 128 Å². The number of methoxy groups -OCH3 is 1.